The van der Waals surface area contributed by atoms with Crippen molar-refractivity contribution in [1.82, 2.24) is 15.1 Å². The number of thiocarbonyl (C=S) groups is 1. The van der Waals surface area contributed by atoms with E-state index in [-0.39, 0.29) is 5.91 Å². The summed E-state index contributed by atoms with van der Waals surface area (Å²) in [5.41, 5.74) is 1.78. The van der Waals surface area contributed by atoms with Gasteiger partial charge in [0.25, 0.3) is 5.91 Å². The van der Waals surface area contributed by atoms with Crippen LogP contribution in [0.1, 0.15) is 12.6 Å². The number of aromatic nitrogens is 2. The predicted molar refractivity (Wildman–Crippen MR) is 99.7 cm³/mol. The van der Waals surface area contributed by atoms with Crippen molar-refractivity contribution in [2.24, 2.45) is 7.05 Å². The van der Waals surface area contributed by atoms with E-state index in [2.05, 4.69) is 26.3 Å². The monoisotopic (exact) mass is 406 g/mol. The summed E-state index contributed by atoms with van der Waals surface area (Å²) < 4.78 is 8.07. The maximum Gasteiger partial charge on any atom is 0.281 e. The molecule has 1 fully saturated rings. The number of para-hydroxylation sites is 2. The van der Waals surface area contributed by atoms with Crippen LogP contribution in [0.15, 0.2) is 40.6 Å². The van der Waals surface area contributed by atoms with Crippen molar-refractivity contribution >= 4 is 50.9 Å². The van der Waals surface area contributed by atoms with E-state index in [0.717, 1.165) is 10.2 Å². The second-order valence-electron chi connectivity index (χ2n) is 5.03. The van der Waals surface area contributed by atoms with Gasteiger partial charge < -0.3 is 10.1 Å². The van der Waals surface area contributed by atoms with E-state index < -0.39 is 0 Å². The van der Waals surface area contributed by atoms with E-state index in [1.54, 1.807) is 30.1 Å². The van der Waals surface area contributed by atoms with Crippen molar-refractivity contribution in [1.29, 1.82) is 0 Å². The topological polar surface area (TPSA) is 59.4 Å². The van der Waals surface area contributed by atoms with Crippen LogP contribution in [0.3, 0.4) is 0 Å². The van der Waals surface area contributed by atoms with Gasteiger partial charge in [-0.3, -0.25) is 9.48 Å². The quantitative estimate of drug-likeness (QED) is 0.624. The number of aryl methyl sites for hydroxylation is 1. The molecule has 0 atom stereocenters. The lowest BCUT2D eigenvalue weighted by atomic mass is 10.2. The fourth-order valence-electron chi connectivity index (χ4n) is 2.39. The Kier molecular flexibility index (Phi) is 4.68. The summed E-state index contributed by atoms with van der Waals surface area (Å²) in [4.78, 5) is 14.3. The molecule has 1 amide bonds. The van der Waals surface area contributed by atoms with Gasteiger partial charge in [0, 0.05) is 7.05 Å². The maximum atomic E-state index is 12.8. The first-order valence-electron chi connectivity index (χ1n) is 7.29. The van der Waals surface area contributed by atoms with Gasteiger partial charge in [0.2, 0.25) is 0 Å². The van der Waals surface area contributed by atoms with E-state index in [1.807, 2.05) is 25.1 Å². The number of rotatable bonds is 4. The van der Waals surface area contributed by atoms with E-state index in [9.17, 15) is 4.79 Å². The fraction of sp³-hybridized carbons (Fsp3) is 0.188. The third-order valence-electron chi connectivity index (χ3n) is 3.50. The lowest BCUT2D eigenvalue weighted by Crippen LogP contribution is -2.30. The molecule has 1 aliphatic heterocycles. The highest BCUT2D eigenvalue weighted by Gasteiger charge is 2.34. The SMILES string of the molecule is CCOc1ccccc1N1C(=O)/C(=C\c2c(Br)cnn2C)NC1=S. The molecule has 0 aliphatic carbocycles. The Bertz CT molecular complexity index is 827. The van der Waals surface area contributed by atoms with Crippen LogP contribution in [0.4, 0.5) is 5.69 Å². The number of carbonyl (C=O) groups is 1. The number of halogens is 1. The van der Waals surface area contributed by atoms with Crippen LogP contribution in [0, 0.1) is 0 Å². The number of hydrogen-bond acceptors (Lipinski definition) is 4. The normalized spacial score (nSPS) is 16.0. The van der Waals surface area contributed by atoms with E-state index >= 15 is 0 Å². The molecule has 0 unspecified atom stereocenters. The Morgan fingerprint density at radius 1 is 1.42 bits per heavy atom. The smallest absolute Gasteiger partial charge is 0.281 e. The highest BCUT2D eigenvalue weighted by atomic mass is 79.9. The minimum absolute atomic E-state index is 0.236. The second-order valence-corrected chi connectivity index (χ2v) is 6.27. The first-order valence-corrected chi connectivity index (χ1v) is 8.49. The average Bonchev–Trinajstić information content (AvgIpc) is 3.02. The largest absolute Gasteiger partial charge is 0.492 e. The van der Waals surface area contributed by atoms with Crippen molar-refractivity contribution < 1.29 is 9.53 Å². The Morgan fingerprint density at radius 3 is 2.83 bits per heavy atom. The standard InChI is InChI=1S/C16H15BrN4O2S/c1-3-23-14-7-5-4-6-12(14)21-15(22)11(19-16(21)24)8-13-10(17)9-18-20(13)2/h4-9H,3H2,1-2H3,(H,19,24)/b11-8+. The van der Waals surface area contributed by atoms with Crippen LogP contribution in [-0.4, -0.2) is 27.4 Å². The molecule has 2 heterocycles. The molecule has 0 bridgehead atoms. The molecule has 1 aromatic heterocycles. The molecule has 3 rings (SSSR count). The zero-order valence-electron chi connectivity index (χ0n) is 13.1. The van der Waals surface area contributed by atoms with Crippen LogP contribution in [-0.2, 0) is 11.8 Å². The Morgan fingerprint density at radius 2 is 2.17 bits per heavy atom. The summed E-state index contributed by atoms with van der Waals surface area (Å²) in [6.45, 7) is 2.40. The fourth-order valence-corrected chi connectivity index (χ4v) is 3.15. The van der Waals surface area contributed by atoms with Gasteiger partial charge in [-0.15, -0.1) is 0 Å². The third kappa shape index (κ3) is 2.94. The minimum atomic E-state index is -0.236. The summed E-state index contributed by atoms with van der Waals surface area (Å²) in [5.74, 6) is 0.376. The van der Waals surface area contributed by atoms with Crippen LogP contribution in [0.5, 0.6) is 5.75 Å². The van der Waals surface area contributed by atoms with Crippen molar-refractivity contribution in [2.45, 2.75) is 6.92 Å². The van der Waals surface area contributed by atoms with Gasteiger partial charge in [-0.1, -0.05) is 12.1 Å². The van der Waals surface area contributed by atoms with Crippen LogP contribution < -0.4 is 15.0 Å². The molecule has 124 valence electrons. The molecular weight excluding hydrogens is 392 g/mol. The molecule has 1 aliphatic rings. The number of amides is 1. The zero-order valence-corrected chi connectivity index (χ0v) is 15.5. The Hall–Kier alpha value is -2.19. The van der Waals surface area contributed by atoms with E-state index in [0.29, 0.717) is 28.9 Å². The Labute approximate surface area is 153 Å². The van der Waals surface area contributed by atoms with Gasteiger partial charge >= 0.3 is 0 Å². The number of nitrogens with one attached hydrogen (secondary N) is 1. The van der Waals surface area contributed by atoms with Crippen molar-refractivity contribution in [2.75, 3.05) is 11.5 Å². The molecule has 1 saturated heterocycles. The lowest BCUT2D eigenvalue weighted by molar-refractivity contribution is -0.113. The van der Waals surface area contributed by atoms with Crippen LogP contribution in [0.25, 0.3) is 6.08 Å². The van der Waals surface area contributed by atoms with Gasteiger partial charge in [0.1, 0.15) is 11.4 Å². The molecule has 2 aromatic rings. The first kappa shape index (κ1) is 16.7. The van der Waals surface area contributed by atoms with Gasteiger partial charge in [-0.25, -0.2) is 4.90 Å². The van der Waals surface area contributed by atoms with Gasteiger partial charge in [0.05, 0.1) is 28.7 Å². The van der Waals surface area contributed by atoms with E-state index in [1.165, 1.54) is 4.90 Å². The first-order chi connectivity index (χ1) is 11.5. The number of benzene rings is 1. The summed E-state index contributed by atoms with van der Waals surface area (Å²) in [7, 11) is 1.80. The van der Waals surface area contributed by atoms with Crippen molar-refractivity contribution in [3.8, 4) is 5.75 Å². The summed E-state index contributed by atoms with van der Waals surface area (Å²) in [5, 5.41) is 7.42. The highest BCUT2D eigenvalue weighted by Crippen LogP contribution is 2.32. The lowest BCUT2D eigenvalue weighted by Gasteiger charge is -2.17. The summed E-state index contributed by atoms with van der Waals surface area (Å²) >= 11 is 8.76. The minimum Gasteiger partial charge on any atom is -0.492 e. The number of carbonyl (C=O) groups excluding carboxylic acids is 1. The Balaban J connectivity index is 1.99. The molecular formula is C16H15BrN4O2S. The predicted octanol–water partition coefficient (Wildman–Crippen LogP) is 2.84. The molecule has 1 aromatic carbocycles. The van der Waals surface area contributed by atoms with Crippen LogP contribution >= 0.6 is 28.1 Å². The van der Waals surface area contributed by atoms with Gasteiger partial charge in [0.15, 0.2) is 5.11 Å². The zero-order chi connectivity index (χ0) is 17.3. The average molecular weight is 407 g/mol. The number of ether oxygens (including phenoxy) is 1. The number of nitrogens with zero attached hydrogens (tertiary/aromatic N) is 3. The van der Waals surface area contributed by atoms with Crippen molar-refractivity contribution in [3.63, 3.8) is 0 Å². The molecule has 24 heavy (non-hydrogen) atoms. The molecule has 8 heteroatoms. The van der Waals surface area contributed by atoms with Crippen LogP contribution in [0.2, 0.25) is 0 Å². The number of anilines is 1. The molecule has 1 N–H and O–H groups in total. The summed E-state index contributed by atoms with van der Waals surface area (Å²) in [6, 6.07) is 7.32. The van der Waals surface area contributed by atoms with Gasteiger partial charge in [-0.2, -0.15) is 5.10 Å². The maximum absolute atomic E-state index is 12.8. The highest BCUT2D eigenvalue weighted by molar-refractivity contribution is 9.10. The molecule has 0 radical (unpaired) electrons. The summed E-state index contributed by atoms with van der Waals surface area (Å²) in [6.07, 6.45) is 3.39. The molecule has 6 nitrogen and oxygen atoms in total. The third-order valence-corrected chi connectivity index (χ3v) is 4.40. The number of hydrogen-bond donors (Lipinski definition) is 1. The van der Waals surface area contributed by atoms with E-state index in [4.69, 9.17) is 17.0 Å². The molecule has 0 saturated carbocycles. The van der Waals surface area contributed by atoms with Crippen molar-refractivity contribution in [3.05, 3.63) is 46.3 Å². The molecule has 0 spiro atoms. The second kappa shape index (κ2) is 6.74. The van der Waals surface area contributed by atoms with Gasteiger partial charge in [-0.05, 0) is 53.3 Å².